The molecule has 0 aliphatic heterocycles. The number of hydrogen-bond acceptors (Lipinski definition) is 4. The summed E-state index contributed by atoms with van der Waals surface area (Å²) >= 11 is 0. The molecule has 1 aromatic carbocycles. The molecule has 2 N–H and O–H groups in total. The molecule has 0 aliphatic carbocycles. The van der Waals surface area contributed by atoms with Crippen LogP contribution in [0, 0.1) is 6.92 Å². The molecule has 0 unspecified atom stereocenters. The second-order valence-electron chi connectivity index (χ2n) is 4.37. The highest BCUT2D eigenvalue weighted by atomic mass is 32.2. The smallest absolute Gasteiger partial charge is 0.186 e. The third-order valence-electron chi connectivity index (χ3n) is 2.99. The fourth-order valence-electron chi connectivity index (χ4n) is 1.90. The summed E-state index contributed by atoms with van der Waals surface area (Å²) in [7, 11) is -3.49. The van der Waals surface area contributed by atoms with Crippen molar-refractivity contribution < 1.29 is 8.42 Å². The summed E-state index contributed by atoms with van der Waals surface area (Å²) in [5.74, 6) is 0. The SMILES string of the molecule is Cc1ccc(S(=O)(=O)[C@H](CN)c2cccnc2)cc1. The number of sulfone groups is 1. The lowest BCUT2D eigenvalue weighted by molar-refractivity contribution is 0.582. The predicted molar refractivity (Wildman–Crippen MR) is 74.4 cm³/mol. The molecule has 1 aromatic heterocycles. The first-order valence-corrected chi connectivity index (χ1v) is 7.51. The lowest BCUT2D eigenvalue weighted by Crippen LogP contribution is -2.22. The Balaban J connectivity index is 2.45. The van der Waals surface area contributed by atoms with Crippen LogP contribution < -0.4 is 5.73 Å². The van der Waals surface area contributed by atoms with Gasteiger partial charge in [-0.1, -0.05) is 23.8 Å². The van der Waals surface area contributed by atoms with Crippen LogP contribution in [0.4, 0.5) is 0 Å². The van der Waals surface area contributed by atoms with Crippen LogP contribution in [0.2, 0.25) is 0 Å². The minimum atomic E-state index is -3.49. The van der Waals surface area contributed by atoms with Crippen molar-refractivity contribution in [2.75, 3.05) is 6.54 Å². The van der Waals surface area contributed by atoms with Crippen LogP contribution in [-0.2, 0) is 9.84 Å². The van der Waals surface area contributed by atoms with Crippen molar-refractivity contribution in [3.63, 3.8) is 0 Å². The van der Waals surface area contributed by atoms with Gasteiger partial charge in [0, 0.05) is 18.9 Å². The van der Waals surface area contributed by atoms with Crippen LogP contribution >= 0.6 is 0 Å². The Morgan fingerprint density at radius 2 is 1.89 bits per heavy atom. The summed E-state index contributed by atoms with van der Waals surface area (Å²) in [5.41, 5.74) is 7.29. The summed E-state index contributed by atoms with van der Waals surface area (Å²) in [6, 6.07) is 10.2. The summed E-state index contributed by atoms with van der Waals surface area (Å²) in [5, 5.41) is -0.760. The van der Waals surface area contributed by atoms with E-state index in [0.717, 1.165) is 5.56 Å². The highest BCUT2D eigenvalue weighted by Gasteiger charge is 2.27. The number of aryl methyl sites for hydroxylation is 1. The van der Waals surface area contributed by atoms with Crippen LogP contribution in [0.3, 0.4) is 0 Å². The van der Waals surface area contributed by atoms with Crippen molar-refractivity contribution in [3.05, 3.63) is 59.9 Å². The van der Waals surface area contributed by atoms with Crippen molar-refractivity contribution in [3.8, 4) is 0 Å². The Morgan fingerprint density at radius 1 is 1.21 bits per heavy atom. The largest absolute Gasteiger partial charge is 0.329 e. The topological polar surface area (TPSA) is 73.0 Å². The molecular formula is C14H16N2O2S. The van der Waals surface area contributed by atoms with E-state index in [1.54, 1.807) is 48.8 Å². The molecule has 1 atom stereocenters. The lowest BCUT2D eigenvalue weighted by Gasteiger charge is -2.16. The minimum Gasteiger partial charge on any atom is -0.329 e. The van der Waals surface area contributed by atoms with E-state index in [-0.39, 0.29) is 11.4 Å². The van der Waals surface area contributed by atoms with Gasteiger partial charge in [-0.2, -0.15) is 0 Å². The normalized spacial score (nSPS) is 13.2. The molecule has 0 amide bonds. The molecule has 100 valence electrons. The van der Waals surface area contributed by atoms with Gasteiger partial charge in [-0.3, -0.25) is 4.98 Å². The molecule has 0 spiro atoms. The van der Waals surface area contributed by atoms with Gasteiger partial charge in [0.25, 0.3) is 0 Å². The monoisotopic (exact) mass is 276 g/mol. The van der Waals surface area contributed by atoms with Crippen LogP contribution in [0.15, 0.2) is 53.7 Å². The van der Waals surface area contributed by atoms with Gasteiger partial charge in [-0.15, -0.1) is 0 Å². The molecule has 0 fully saturated rings. The second kappa shape index (κ2) is 5.50. The third-order valence-corrected chi connectivity index (χ3v) is 5.14. The summed E-state index contributed by atoms with van der Waals surface area (Å²) in [6.07, 6.45) is 3.15. The number of rotatable bonds is 4. The van der Waals surface area contributed by atoms with E-state index in [1.807, 2.05) is 6.92 Å². The molecule has 0 saturated heterocycles. The Labute approximate surface area is 113 Å². The average molecular weight is 276 g/mol. The number of pyridine rings is 1. The maximum absolute atomic E-state index is 12.6. The van der Waals surface area contributed by atoms with Gasteiger partial charge in [0.15, 0.2) is 9.84 Å². The Bertz CT molecular complexity index is 637. The summed E-state index contributed by atoms with van der Waals surface area (Å²) in [4.78, 5) is 4.24. The molecule has 0 saturated carbocycles. The zero-order valence-corrected chi connectivity index (χ0v) is 11.5. The molecule has 2 aromatic rings. The van der Waals surface area contributed by atoms with E-state index in [1.165, 1.54) is 0 Å². The average Bonchev–Trinajstić information content (AvgIpc) is 2.41. The second-order valence-corrected chi connectivity index (χ2v) is 6.50. The highest BCUT2D eigenvalue weighted by molar-refractivity contribution is 7.91. The lowest BCUT2D eigenvalue weighted by atomic mass is 10.2. The molecular weight excluding hydrogens is 260 g/mol. The first kappa shape index (κ1) is 13.7. The quantitative estimate of drug-likeness (QED) is 0.925. The molecule has 4 nitrogen and oxygen atoms in total. The summed E-state index contributed by atoms with van der Waals surface area (Å²) in [6.45, 7) is 1.94. The van der Waals surface area contributed by atoms with Crippen molar-refractivity contribution >= 4 is 9.84 Å². The van der Waals surface area contributed by atoms with Gasteiger partial charge < -0.3 is 5.73 Å². The number of nitrogens with zero attached hydrogens (tertiary/aromatic N) is 1. The predicted octanol–water partition coefficient (Wildman–Crippen LogP) is 1.86. The van der Waals surface area contributed by atoms with Gasteiger partial charge >= 0.3 is 0 Å². The fraction of sp³-hybridized carbons (Fsp3) is 0.214. The van der Waals surface area contributed by atoms with Gasteiger partial charge in [0.2, 0.25) is 0 Å². The number of benzene rings is 1. The molecule has 0 bridgehead atoms. The van der Waals surface area contributed by atoms with Crippen molar-refractivity contribution in [2.24, 2.45) is 5.73 Å². The number of hydrogen-bond donors (Lipinski definition) is 1. The maximum atomic E-state index is 12.6. The van der Waals surface area contributed by atoms with Crippen molar-refractivity contribution in [2.45, 2.75) is 17.1 Å². The van der Waals surface area contributed by atoms with Gasteiger partial charge in [0.1, 0.15) is 5.25 Å². The van der Waals surface area contributed by atoms with E-state index in [0.29, 0.717) is 5.56 Å². The minimum absolute atomic E-state index is 0.0297. The first-order valence-electron chi connectivity index (χ1n) is 5.96. The first-order chi connectivity index (χ1) is 9.05. The van der Waals surface area contributed by atoms with Crippen LogP contribution in [0.5, 0.6) is 0 Å². The molecule has 5 heteroatoms. The van der Waals surface area contributed by atoms with Crippen LogP contribution in [-0.4, -0.2) is 19.9 Å². The van der Waals surface area contributed by atoms with E-state index in [2.05, 4.69) is 4.98 Å². The van der Waals surface area contributed by atoms with Crippen LogP contribution in [0.1, 0.15) is 16.4 Å². The van der Waals surface area contributed by atoms with E-state index in [4.69, 9.17) is 5.73 Å². The Hall–Kier alpha value is -1.72. The highest BCUT2D eigenvalue weighted by Crippen LogP contribution is 2.27. The van der Waals surface area contributed by atoms with Gasteiger partial charge in [-0.05, 0) is 30.7 Å². The molecule has 1 heterocycles. The Morgan fingerprint density at radius 3 is 2.42 bits per heavy atom. The number of nitrogens with two attached hydrogens (primary N) is 1. The van der Waals surface area contributed by atoms with E-state index >= 15 is 0 Å². The van der Waals surface area contributed by atoms with Crippen molar-refractivity contribution in [1.82, 2.24) is 4.98 Å². The van der Waals surface area contributed by atoms with E-state index in [9.17, 15) is 8.42 Å². The van der Waals surface area contributed by atoms with Crippen LogP contribution in [0.25, 0.3) is 0 Å². The number of aromatic nitrogens is 1. The third kappa shape index (κ3) is 2.83. The molecule has 19 heavy (non-hydrogen) atoms. The van der Waals surface area contributed by atoms with E-state index < -0.39 is 15.1 Å². The molecule has 0 aliphatic rings. The fourth-order valence-corrected chi connectivity index (χ4v) is 3.50. The zero-order valence-electron chi connectivity index (χ0n) is 10.7. The van der Waals surface area contributed by atoms with Gasteiger partial charge in [0.05, 0.1) is 4.90 Å². The molecule has 2 rings (SSSR count). The van der Waals surface area contributed by atoms with Crippen molar-refractivity contribution in [1.29, 1.82) is 0 Å². The van der Waals surface area contributed by atoms with Gasteiger partial charge in [-0.25, -0.2) is 8.42 Å². The summed E-state index contributed by atoms with van der Waals surface area (Å²) < 4.78 is 25.1. The maximum Gasteiger partial charge on any atom is 0.186 e. The Kier molecular flexibility index (Phi) is 3.97. The standard InChI is InChI=1S/C14H16N2O2S/c1-11-4-6-13(7-5-11)19(17,18)14(9-15)12-3-2-8-16-10-12/h2-8,10,14H,9,15H2,1H3/t14-/m1/s1. The molecule has 0 radical (unpaired) electrons. The zero-order chi connectivity index (χ0) is 13.9.